The van der Waals surface area contributed by atoms with Gasteiger partial charge in [-0.2, -0.15) is 0 Å². The summed E-state index contributed by atoms with van der Waals surface area (Å²) in [5, 5.41) is 1.41. The second-order valence-corrected chi connectivity index (χ2v) is 4.70. The van der Waals surface area contributed by atoms with Gasteiger partial charge in [0, 0.05) is 28.0 Å². The number of nitrogens with zero attached hydrogens (tertiary/aromatic N) is 1. The molecule has 0 saturated heterocycles. The molecule has 3 rings (SSSR count). The molecule has 0 atom stereocenters. The van der Waals surface area contributed by atoms with Crippen LogP contribution in [0.25, 0.3) is 10.9 Å². The molecule has 1 aromatic heterocycles. The number of aryl methyl sites for hydroxylation is 2. The SMILES string of the molecule is CSc1ccc2c(c1)cc1n2CCC1. The molecule has 2 heterocycles. The van der Waals surface area contributed by atoms with Crippen molar-refractivity contribution in [3.05, 3.63) is 30.0 Å². The van der Waals surface area contributed by atoms with E-state index in [1.807, 2.05) is 11.8 Å². The monoisotopic (exact) mass is 203 g/mol. The van der Waals surface area contributed by atoms with Gasteiger partial charge in [0.2, 0.25) is 0 Å². The molecule has 0 radical (unpaired) electrons. The van der Waals surface area contributed by atoms with E-state index >= 15 is 0 Å². The van der Waals surface area contributed by atoms with Gasteiger partial charge in [-0.15, -0.1) is 11.8 Å². The smallest absolute Gasteiger partial charge is 0.0483 e. The lowest BCUT2D eigenvalue weighted by molar-refractivity contribution is 0.772. The van der Waals surface area contributed by atoms with Gasteiger partial charge in [0.25, 0.3) is 0 Å². The summed E-state index contributed by atoms with van der Waals surface area (Å²) in [4.78, 5) is 1.36. The summed E-state index contributed by atoms with van der Waals surface area (Å²) in [6, 6.07) is 9.13. The molecule has 0 spiro atoms. The van der Waals surface area contributed by atoms with Crippen molar-refractivity contribution in [1.82, 2.24) is 4.57 Å². The third-order valence-electron chi connectivity index (χ3n) is 3.01. The highest BCUT2D eigenvalue weighted by Crippen LogP contribution is 2.28. The molecule has 2 aromatic rings. The van der Waals surface area contributed by atoms with Crippen molar-refractivity contribution in [2.75, 3.05) is 6.26 Å². The van der Waals surface area contributed by atoms with Crippen molar-refractivity contribution < 1.29 is 0 Å². The number of rotatable bonds is 1. The molecular formula is C12H13NS. The van der Waals surface area contributed by atoms with Crippen molar-refractivity contribution in [1.29, 1.82) is 0 Å². The summed E-state index contributed by atoms with van der Waals surface area (Å²) in [6.45, 7) is 1.21. The van der Waals surface area contributed by atoms with Crippen LogP contribution in [0.1, 0.15) is 12.1 Å². The van der Waals surface area contributed by atoms with E-state index in [1.165, 1.54) is 40.9 Å². The van der Waals surface area contributed by atoms with E-state index in [-0.39, 0.29) is 0 Å². The molecule has 0 saturated carbocycles. The molecule has 1 aliphatic heterocycles. The number of hydrogen-bond donors (Lipinski definition) is 0. The first-order chi connectivity index (χ1) is 6.88. The first-order valence-corrected chi connectivity index (χ1v) is 6.27. The zero-order valence-corrected chi connectivity index (χ0v) is 9.10. The topological polar surface area (TPSA) is 4.93 Å². The lowest BCUT2D eigenvalue weighted by Gasteiger charge is -2.00. The Morgan fingerprint density at radius 1 is 1.29 bits per heavy atom. The number of aromatic nitrogens is 1. The summed E-state index contributed by atoms with van der Waals surface area (Å²) in [7, 11) is 0. The molecule has 0 fully saturated rings. The van der Waals surface area contributed by atoms with E-state index in [4.69, 9.17) is 0 Å². The summed E-state index contributed by atoms with van der Waals surface area (Å²) >= 11 is 1.82. The van der Waals surface area contributed by atoms with Crippen LogP contribution in [-0.4, -0.2) is 10.8 Å². The van der Waals surface area contributed by atoms with Gasteiger partial charge in [-0.3, -0.25) is 0 Å². The third-order valence-corrected chi connectivity index (χ3v) is 3.73. The second-order valence-electron chi connectivity index (χ2n) is 3.82. The highest BCUT2D eigenvalue weighted by Gasteiger charge is 2.13. The van der Waals surface area contributed by atoms with Crippen LogP contribution < -0.4 is 0 Å². The Hall–Kier alpha value is -0.890. The van der Waals surface area contributed by atoms with Gasteiger partial charge in [0.1, 0.15) is 0 Å². The third kappa shape index (κ3) is 1.10. The molecule has 0 N–H and O–H groups in total. The van der Waals surface area contributed by atoms with Gasteiger partial charge in [0.05, 0.1) is 0 Å². The molecule has 1 aromatic carbocycles. The minimum Gasteiger partial charge on any atom is -0.345 e. The van der Waals surface area contributed by atoms with Crippen LogP contribution >= 0.6 is 11.8 Å². The average molecular weight is 203 g/mol. The van der Waals surface area contributed by atoms with E-state index in [2.05, 4.69) is 35.1 Å². The minimum atomic E-state index is 1.21. The molecule has 1 aliphatic rings. The van der Waals surface area contributed by atoms with Crippen LogP contribution in [0.15, 0.2) is 29.2 Å². The van der Waals surface area contributed by atoms with Gasteiger partial charge in [0.15, 0.2) is 0 Å². The first kappa shape index (κ1) is 8.42. The standard InChI is InChI=1S/C12H13NS/c1-14-11-4-5-12-9(8-11)7-10-3-2-6-13(10)12/h4-5,7-8H,2-3,6H2,1H3. The Morgan fingerprint density at radius 3 is 3.07 bits per heavy atom. The highest BCUT2D eigenvalue weighted by atomic mass is 32.2. The Balaban J connectivity index is 2.27. The predicted octanol–water partition coefficient (Wildman–Crippen LogP) is 3.31. The van der Waals surface area contributed by atoms with Crippen LogP contribution in [0.3, 0.4) is 0 Å². The van der Waals surface area contributed by atoms with Crippen molar-refractivity contribution in [3.63, 3.8) is 0 Å². The lowest BCUT2D eigenvalue weighted by atomic mass is 10.2. The van der Waals surface area contributed by atoms with E-state index in [0.29, 0.717) is 0 Å². The largest absolute Gasteiger partial charge is 0.345 e. The molecule has 2 heteroatoms. The van der Waals surface area contributed by atoms with Gasteiger partial charge in [-0.1, -0.05) is 0 Å². The zero-order valence-electron chi connectivity index (χ0n) is 8.29. The number of benzene rings is 1. The fourth-order valence-electron chi connectivity index (χ4n) is 2.32. The van der Waals surface area contributed by atoms with Crippen LogP contribution in [-0.2, 0) is 13.0 Å². The molecule has 1 nitrogen and oxygen atoms in total. The van der Waals surface area contributed by atoms with Crippen LogP contribution in [0, 0.1) is 0 Å². The van der Waals surface area contributed by atoms with Crippen LogP contribution in [0.4, 0.5) is 0 Å². The fraction of sp³-hybridized carbons (Fsp3) is 0.333. The van der Waals surface area contributed by atoms with Crippen molar-refractivity contribution in [3.8, 4) is 0 Å². The van der Waals surface area contributed by atoms with Gasteiger partial charge in [-0.05, 0) is 43.4 Å². The van der Waals surface area contributed by atoms with Crippen LogP contribution in [0.2, 0.25) is 0 Å². The number of fused-ring (bicyclic) bond motifs is 3. The Kier molecular flexibility index (Phi) is 1.84. The molecule has 14 heavy (non-hydrogen) atoms. The molecular weight excluding hydrogens is 190 g/mol. The van der Waals surface area contributed by atoms with E-state index in [0.717, 1.165) is 0 Å². The minimum absolute atomic E-state index is 1.21. The molecule has 72 valence electrons. The summed E-state index contributed by atoms with van der Waals surface area (Å²) in [5.74, 6) is 0. The van der Waals surface area contributed by atoms with E-state index in [9.17, 15) is 0 Å². The van der Waals surface area contributed by atoms with E-state index in [1.54, 1.807) is 0 Å². The van der Waals surface area contributed by atoms with Gasteiger partial charge < -0.3 is 4.57 Å². The Labute approximate surface area is 88.1 Å². The zero-order chi connectivity index (χ0) is 9.54. The maximum absolute atomic E-state index is 2.46. The number of thioether (sulfide) groups is 1. The van der Waals surface area contributed by atoms with Gasteiger partial charge in [-0.25, -0.2) is 0 Å². The highest BCUT2D eigenvalue weighted by molar-refractivity contribution is 7.98. The molecule has 0 unspecified atom stereocenters. The second kappa shape index (κ2) is 3.06. The molecule has 0 amide bonds. The van der Waals surface area contributed by atoms with E-state index < -0.39 is 0 Å². The van der Waals surface area contributed by atoms with Crippen molar-refractivity contribution in [2.24, 2.45) is 0 Å². The normalized spacial score (nSPS) is 14.9. The molecule has 0 bridgehead atoms. The number of hydrogen-bond acceptors (Lipinski definition) is 1. The predicted molar refractivity (Wildman–Crippen MR) is 62.0 cm³/mol. The maximum atomic E-state index is 2.46. The summed E-state index contributed by atoms with van der Waals surface area (Å²) < 4.78 is 2.46. The van der Waals surface area contributed by atoms with Crippen LogP contribution in [0.5, 0.6) is 0 Å². The Morgan fingerprint density at radius 2 is 2.21 bits per heavy atom. The Bertz CT molecular complexity index is 484. The summed E-state index contributed by atoms with van der Waals surface area (Å²) in [6.07, 6.45) is 4.70. The van der Waals surface area contributed by atoms with Crippen molar-refractivity contribution >= 4 is 22.7 Å². The maximum Gasteiger partial charge on any atom is 0.0483 e. The summed E-state index contributed by atoms with van der Waals surface area (Å²) in [5.41, 5.74) is 2.92. The quantitative estimate of drug-likeness (QED) is 0.644. The fourth-order valence-corrected chi connectivity index (χ4v) is 2.77. The van der Waals surface area contributed by atoms with Crippen molar-refractivity contribution in [2.45, 2.75) is 24.3 Å². The average Bonchev–Trinajstić information content (AvgIpc) is 2.75. The molecule has 0 aliphatic carbocycles. The first-order valence-electron chi connectivity index (χ1n) is 5.04. The van der Waals surface area contributed by atoms with Gasteiger partial charge >= 0.3 is 0 Å². The lowest BCUT2D eigenvalue weighted by Crippen LogP contribution is -1.90.